The quantitative estimate of drug-likeness (QED) is 0.701. The summed E-state index contributed by atoms with van der Waals surface area (Å²) in [5.41, 5.74) is 0.875. The molecule has 7 atom stereocenters. The smallest absolute Gasteiger partial charge is 0.165 e. The highest BCUT2D eigenvalue weighted by atomic mass is 16.6. The Hall–Kier alpha value is -1.52. The van der Waals surface area contributed by atoms with Crippen LogP contribution in [0.25, 0.3) is 0 Å². The monoisotopic (exact) mass is 422 g/mol. The molecule has 4 nitrogen and oxygen atoms in total. The molecule has 2 N–H and O–H groups in total. The number of rotatable bonds is 4. The predicted octanol–water partition coefficient (Wildman–Crippen LogP) is 4.51. The van der Waals surface area contributed by atoms with Crippen molar-refractivity contribution in [3.8, 4) is 11.5 Å². The van der Waals surface area contributed by atoms with Crippen LogP contribution in [-0.2, 0) is 16.6 Å². The summed E-state index contributed by atoms with van der Waals surface area (Å²) in [7, 11) is 1.77. The molecular formula is C27H34O4. The summed E-state index contributed by atoms with van der Waals surface area (Å²) < 4.78 is 13.1. The number of aromatic hydroxyl groups is 1. The molecule has 2 unspecified atom stereocenters. The molecule has 8 rings (SSSR count). The zero-order chi connectivity index (χ0) is 21.4. The third-order valence-corrected chi connectivity index (χ3v) is 10.4. The van der Waals surface area contributed by atoms with Crippen molar-refractivity contribution in [1.82, 2.24) is 0 Å². The number of phenolic OH excluding ortho intramolecular Hbond substituents is 1. The van der Waals surface area contributed by atoms with Crippen LogP contribution in [-0.4, -0.2) is 34.6 Å². The van der Waals surface area contributed by atoms with Crippen molar-refractivity contribution in [2.24, 2.45) is 29.1 Å². The number of hydrogen-bond donors (Lipinski definition) is 2. The minimum absolute atomic E-state index is 0.0353. The van der Waals surface area contributed by atoms with Crippen LogP contribution in [0.3, 0.4) is 0 Å². The van der Waals surface area contributed by atoms with Gasteiger partial charge >= 0.3 is 0 Å². The molecule has 0 aromatic heterocycles. The van der Waals surface area contributed by atoms with Gasteiger partial charge in [-0.2, -0.15) is 0 Å². The Bertz CT molecular complexity index is 1000. The third-order valence-electron chi connectivity index (χ3n) is 10.4. The maximum Gasteiger partial charge on any atom is 0.165 e. The van der Waals surface area contributed by atoms with E-state index in [0.717, 1.165) is 31.1 Å². The lowest BCUT2D eigenvalue weighted by Gasteiger charge is -2.72. The third kappa shape index (κ3) is 1.98. The number of aliphatic hydroxyl groups is 1. The molecule has 0 radical (unpaired) electrons. The summed E-state index contributed by atoms with van der Waals surface area (Å²) in [6, 6.07) is 3.98. The molecule has 2 spiro atoms. The second-order valence-corrected chi connectivity index (χ2v) is 12.0. The highest BCUT2D eigenvalue weighted by Gasteiger charge is 2.80. The Morgan fingerprint density at radius 1 is 1.19 bits per heavy atom. The van der Waals surface area contributed by atoms with Crippen LogP contribution in [0.2, 0.25) is 0 Å². The van der Waals surface area contributed by atoms with Crippen LogP contribution in [0, 0.1) is 29.1 Å². The highest BCUT2D eigenvalue weighted by Crippen LogP contribution is 2.78. The summed E-state index contributed by atoms with van der Waals surface area (Å²) in [6.45, 7) is 3.86. The molecular weight excluding hydrogens is 388 g/mol. The number of phenols is 1. The second kappa shape index (κ2) is 5.51. The summed E-state index contributed by atoms with van der Waals surface area (Å²) in [5, 5.41) is 22.2. The summed E-state index contributed by atoms with van der Waals surface area (Å²) in [5.74, 6) is 3.10. The molecule has 3 saturated carbocycles. The van der Waals surface area contributed by atoms with Crippen LogP contribution in [0.1, 0.15) is 63.5 Å². The molecule has 7 aliphatic rings. The zero-order valence-electron chi connectivity index (χ0n) is 18.9. The number of allylic oxidation sites excluding steroid dienone is 1. The van der Waals surface area contributed by atoms with E-state index >= 15 is 0 Å². The average Bonchev–Trinajstić information content (AvgIpc) is 3.47. The topological polar surface area (TPSA) is 58.9 Å². The first-order chi connectivity index (χ1) is 14.8. The number of benzene rings is 1. The van der Waals surface area contributed by atoms with Gasteiger partial charge in [-0.05, 0) is 75.3 Å². The first kappa shape index (κ1) is 19.0. The molecule has 1 heterocycles. The van der Waals surface area contributed by atoms with E-state index in [4.69, 9.17) is 9.47 Å². The van der Waals surface area contributed by atoms with E-state index in [-0.39, 0.29) is 28.6 Å². The Balaban J connectivity index is 1.51. The van der Waals surface area contributed by atoms with Crippen molar-refractivity contribution in [2.45, 2.75) is 81.5 Å². The largest absolute Gasteiger partial charge is 0.504 e. The van der Waals surface area contributed by atoms with Gasteiger partial charge in [0.2, 0.25) is 0 Å². The molecule has 1 aromatic carbocycles. The van der Waals surface area contributed by atoms with Crippen molar-refractivity contribution in [3.63, 3.8) is 0 Å². The molecule has 0 saturated heterocycles. The average molecular weight is 423 g/mol. The Morgan fingerprint density at radius 3 is 2.71 bits per heavy atom. The van der Waals surface area contributed by atoms with E-state index in [1.54, 1.807) is 7.11 Å². The van der Waals surface area contributed by atoms with Crippen molar-refractivity contribution < 1.29 is 19.7 Å². The lowest BCUT2D eigenvalue weighted by molar-refractivity contribution is -0.246. The molecule has 4 bridgehead atoms. The van der Waals surface area contributed by atoms with Gasteiger partial charge in [-0.1, -0.05) is 31.1 Å². The first-order valence-electron chi connectivity index (χ1n) is 12.3. The molecule has 6 aliphatic carbocycles. The van der Waals surface area contributed by atoms with Crippen molar-refractivity contribution in [1.29, 1.82) is 0 Å². The Labute approximate surface area is 184 Å². The number of hydrogen-bond acceptors (Lipinski definition) is 4. The fourth-order valence-electron chi connectivity index (χ4n) is 9.15. The van der Waals surface area contributed by atoms with Crippen LogP contribution in [0.4, 0.5) is 0 Å². The van der Waals surface area contributed by atoms with E-state index in [0.29, 0.717) is 11.7 Å². The Kier molecular flexibility index (Phi) is 3.38. The van der Waals surface area contributed by atoms with Gasteiger partial charge in [0.1, 0.15) is 11.7 Å². The minimum Gasteiger partial charge on any atom is -0.504 e. The van der Waals surface area contributed by atoms with Gasteiger partial charge in [0.25, 0.3) is 0 Å². The normalized spacial score (nSPS) is 46.1. The molecule has 0 amide bonds. The van der Waals surface area contributed by atoms with Crippen LogP contribution >= 0.6 is 0 Å². The van der Waals surface area contributed by atoms with Gasteiger partial charge in [0.05, 0.1) is 5.60 Å². The van der Waals surface area contributed by atoms with Crippen LogP contribution < -0.4 is 4.74 Å². The second-order valence-electron chi connectivity index (χ2n) is 12.0. The van der Waals surface area contributed by atoms with Crippen molar-refractivity contribution >= 4 is 0 Å². The van der Waals surface area contributed by atoms with Gasteiger partial charge in [-0.15, -0.1) is 0 Å². The van der Waals surface area contributed by atoms with E-state index in [9.17, 15) is 10.2 Å². The van der Waals surface area contributed by atoms with E-state index in [1.807, 2.05) is 19.9 Å². The van der Waals surface area contributed by atoms with Gasteiger partial charge < -0.3 is 19.7 Å². The van der Waals surface area contributed by atoms with Crippen LogP contribution in [0.15, 0.2) is 24.3 Å². The van der Waals surface area contributed by atoms with E-state index < -0.39 is 11.2 Å². The van der Waals surface area contributed by atoms with Gasteiger partial charge in [0.15, 0.2) is 11.5 Å². The van der Waals surface area contributed by atoms with Crippen LogP contribution in [0.5, 0.6) is 11.5 Å². The minimum atomic E-state index is -0.879. The lowest BCUT2D eigenvalue weighted by Crippen LogP contribution is -2.77. The van der Waals surface area contributed by atoms with Gasteiger partial charge in [-0.25, -0.2) is 0 Å². The molecule has 166 valence electrons. The van der Waals surface area contributed by atoms with Gasteiger partial charge in [-0.3, -0.25) is 0 Å². The number of methoxy groups -OCH3 is 1. The molecule has 31 heavy (non-hydrogen) atoms. The molecule has 4 heteroatoms. The molecule has 3 fully saturated rings. The summed E-state index contributed by atoms with van der Waals surface area (Å²) in [6.07, 6.45) is 13.0. The fraction of sp³-hybridized carbons (Fsp3) is 0.704. The summed E-state index contributed by atoms with van der Waals surface area (Å²) >= 11 is 0. The van der Waals surface area contributed by atoms with E-state index in [2.05, 4.69) is 18.2 Å². The molecule has 1 aliphatic heterocycles. The maximum absolute atomic E-state index is 11.3. The number of fused-ring (bicyclic) bond motifs is 1. The first-order valence-corrected chi connectivity index (χ1v) is 12.3. The fourth-order valence-corrected chi connectivity index (χ4v) is 9.15. The standard InChI is InChI=1S/C27H34O4/c1-24(2,29)20-14-25-10-11-27(20,30-3)23-26(25)9-8-16(12-15-4-5-15)18(25)13-17-6-7-19(28)22(31-23)21(17)26/h6-7,10-11,15-16,18,20,23,28-29H,4-5,8-9,12-14H2,1-3H3/t16?,18-,20?,23+,25+,26-,27-/m0/s1. The van der Waals surface area contributed by atoms with Crippen molar-refractivity contribution in [3.05, 3.63) is 35.4 Å². The van der Waals surface area contributed by atoms with Crippen molar-refractivity contribution in [2.75, 3.05) is 7.11 Å². The van der Waals surface area contributed by atoms with Gasteiger partial charge in [0, 0.05) is 29.4 Å². The molecule has 1 aromatic rings. The zero-order valence-corrected chi connectivity index (χ0v) is 18.9. The number of ether oxygens (including phenoxy) is 2. The Morgan fingerprint density at radius 2 is 2.00 bits per heavy atom. The SMILES string of the molecule is CO[C@@]12C=C[C@@]3(CC1C(C)(C)O)[C@H]1Cc4ccc(O)c5c4[C@@]3(CCC1CC1CC1)[C@H]2O5. The summed E-state index contributed by atoms with van der Waals surface area (Å²) in [4.78, 5) is 0. The maximum atomic E-state index is 11.3. The van der Waals surface area contributed by atoms with E-state index in [1.165, 1.54) is 36.8 Å². The lowest BCUT2D eigenvalue weighted by atomic mass is 9.32. The predicted molar refractivity (Wildman–Crippen MR) is 117 cm³/mol. The highest BCUT2D eigenvalue weighted by molar-refractivity contribution is 5.64.